The van der Waals surface area contributed by atoms with Crippen LogP contribution in [0.15, 0.2) is 43.1 Å². The number of benzene rings is 1. The minimum atomic E-state index is -3.07. The molecule has 1 unspecified atom stereocenters. The number of hydrogen-bond donors (Lipinski definition) is 2. The van der Waals surface area contributed by atoms with E-state index in [1.165, 1.54) is 19.2 Å². The Balaban J connectivity index is 1.94. The van der Waals surface area contributed by atoms with E-state index in [4.69, 9.17) is 5.73 Å². The number of halogens is 2. The first kappa shape index (κ1) is 21.0. The lowest BCUT2D eigenvalue weighted by Gasteiger charge is -2.28. The Kier molecular flexibility index (Phi) is 6.01. The summed E-state index contributed by atoms with van der Waals surface area (Å²) in [4.78, 5) is 16.0. The first-order valence-corrected chi connectivity index (χ1v) is 9.88. The lowest BCUT2D eigenvalue weighted by atomic mass is 9.90. The summed E-state index contributed by atoms with van der Waals surface area (Å²) in [6, 6.07) is 8.65. The Hall–Kier alpha value is -2.76. The van der Waals surface area contributed by atoms with E-state index in [-0.39, 0.29) is 28.8 Å². The fourth-order valence-corrected chi connectivity index (χ4v) is 4.07. The molecule has 1 aliphatic carbocycles. The second-order valence-electron chi connectivity index (χ2n) is 7.84. The molecule has 154 valence electrons. The van der Waals surface area contributed by atoms with Crippen molar-refractivity contribution in [2.75, 3.05) is 5.73 Å². The third-order valence-electron chi connectivity index (χ3n) is 5.60. The standard InChI is InChI=1S/C23H27F2N3O/c1-14(21-20(26)19(11-12-27-21)23(3,24)25)28-22(16-7-4-5-8-16)18-10-6-9-17(13-18)15(2)29/h6,9-13,16,22,28H,1,4-5,7-8,26H2,2-3H3. The van der Waals surface area contributed by atoms with Gasteiger partial charge in [0.25, 0.3) is 5.92 Å². The number of carbonyl (C=O) groups is 1. The first-order chi connectivity index (χ1) is 13.7. The third kappa shape index (κ3) is 4.63. The predicted octanol–water partition coefficient (Wildman–Crippen LogP) is 5.47. The molecule has 1 fully saturated rings. The van der Waals surface area contributed by atoms with Crippen molar-refractivity contribution in [3.63, 3.8) is 0 Å². The first-order valence-electron chi connectivity index (χ1n) is 9.88. The zero-order valence-corrected chi connectivity index (χ0v) is 16.8. The summed E-state index contributed by atoms with van der Waals surface area (Å²) < 4.78 is 27.7. The van der Waals surface area contributed by atoms with Gasteiger partial charge in [0.1, 0.15) is 5.69 Å². The van der Waals surface area contributed by atoms with Gasteiger partial charge in [-0.1, -0.05) is 37.6 Å². The van der Waals surface area contributed by atoms with Gasteiger partial charge in [-0.25, -0.2) is 8.78 Å². The number of nitrogens with one attached hydrogen (secondary N) is 1. The number of aromatic nitrogens is 1. The normalized spacial score (nSPS) is 15.9. The number of nitrogens with two attached hydrogens (primary N) is 1. The van der Waals surface area contributed by atoms with Crippen molar-refractivity contribution in [2.45, 2.75) is 51.5 Å². The largest absolute Gasteiger partial charge is 0.397 e. The number of hydrogen-bond acceptors (Lipinski definition) is 4. The van der Waals surface area contributed by atoms with E-state index in [2.05, 4.69) is 16.9 Å². The molecule has 0 bridgehead atoms. The van der Waals surface area contributed by atoms with E-state index in [1.807, 2.05) is 18.2 Å². The molecule has 1 atom stereocenters. The van der Waals surface area contributed by atoms with Crippen molar-refractivity contribution in [1.29, 1.82) is 0 Å². The summed E-state index contributed by atoms with van der Waals surface area (Å²) in [5.74, 6) is -2.71. The van der Waals surface area contributed by atoms with Crippen molar-refractivity contribution >= 4 is 17.2 Å². The van der Waals surface area contributed by atoms with Crippen molar-refractivity contribution in [3.05, 3.63) is 65.5 Å². The van der Waals surface area contributed by atoms with Crippen molar-refractivity contribution in [3.8, 4) is 0 Å². The fourth-order valence-electron chi connectivity index (χ4n) is 4.07. The molecule has 6 heteroatoms. The number of nitrogens with zero attached hydrogens (tertiary/aromatic N) is 1. The van der Waals surface area contributed by atoms with Crippen LogP contribution in [0, 0.1) is 5.92 Å². The third-order valence-corrected chi connectivity index (χ3v) is 5.60. The Morgan fingerprint density at radius 1 is 1.31 bits per heavy atom. The summed E-state index contributed by atoms with van der Waals surface area (Å²) in [7, 11) is 0. The van der Waals surface area contributed by atoms with Crippen LogP contribution in [0.4, 0.5) is 14.5 Å². The number of Topliss-reactive ketones (excluding diaryl/α,β-unsaturated/α-hetero) is 1. The van der Waals surface area contributed by atoms with Crippen LogP contribution in [0.25, 0.3) is 5.70 Å². The van der Waals surface area contributed by atoms with Crippen LogP contribution in [0.5, 0.6) is 0 Å². The van der Waals surface area contributed by atoms with E-state index in [0.29, 0.717) is 17.2 Å². The average molecular weight is 399 g/mol. The Bertz CT molecular complexity index is 915. The zero-order valence-electron chi connectivity index (χ0n) is 16.8. The molecule has 1 aliphatic rings. The fraction of sp³-hybridized carbons (Fsp3) is 0.391. The van der Waals surface area contributed by atoms with Gasteiger partial charge in [-0.15, -0.1) is 0 Å². The minimum absolute atomic E-state index is 0.000335. The molecule has 1 heterocycles. The highest BCUT2D eigenvalue weighted by Crippen LogP contribution is 2.38. The summed E-state index contributed by atoms with van der Waals surface area (Å²) in [6.07, 6.45) is 5.70. The maximum atomic E-state index is 13.9. The SMILES string of the molecule is C=C(NC(c1cccc(C(C)=O)c1)C1CCCC1)c1nccc(C(C)(F)F)c1N. The maximum Gasteiger partial charge on any atom is 0.272 e. The number of alkyl halides is 2. The number of ketones is 1. The molecule has 0 amide bonds. The molecule has 3 N–H and O–H groups in total. The molecule has 1 aromatic carbocycles. The molecule has 1 saturated carbocycles. The van der Waals surface area contributed by atoms with Crippen LogP contribution in [-0.4, -0.2) is 10.8 Å². The molecule has 29 heavy (non-hydrogen) atoms. The molecule has 1 aromatic heterocycles. The van der Waals surface area contributed by atoms with Crippen LogP contribution in [0.3, 0.4) is 0 Å². The van der Waals surface area contributed by atoms with Gasteiger partial charge in [0, 0.05) is 24.2 Å². The monoisotopic (exact) mass is 399 g/mol. The maximum absolute atomic E-state index is 13.9. The summed E-state index contributed by atoms with van der Waals surface area (Å²) in [5, 5.41) is 3.38. The van der Waals surface area contributed by atoms with Crippen molar-refractivity contribution in [1.82, 2.24) is 10.3 Å². The van der Waals surface area contributed by atoms with E-state index in [1.54, 1.807) is 6.07 Å². The van der Waals surface area contributed by atoms with Crippen LogP contribution >= 0.6 is 0 Å². The van der Waals surface area contributed by atoms with Gasteiger partial charge in [-0.05, 0) is 43.4 Å². The van der Waals surface area contributed by atoms with E-state index < -0.39 is 5.92 Å². The molecule has 2 aromatic rings. The molecular weight excluding hydrogens is 372 g/mol. The van der Waals surface area contributed by atoms with Crippen LogP contribution in [-0.2, 0) is 5.92 Å². The molecular formula is C23H27F2N3O. The summed E-state index contributed by atoms with van der Waals surface area (Å²) in [5.41, 5.74) is 7.93. The second-order valence-corrected chi connectivity index (χ2v) is 7.84. The molecule has 0 saturated heterocycles. The van der Waals surface area contributed by atoms with Crippen LogP contribution in [0.1, 0.15) is 72.8 Å². The summed E-state index contributed by atoms with van der Waals surface area (Å²) in [6.45, 7) is 6.39. The molecule has 0 aliphatic heterocycles. The van der Waals surface area contributed by atoms with Crippen LogP contribution < -0.4 is 11.1 Å². The van der Waals surface area contributed by atoms with E-state index >= 15 is 0 Å². The highest BCUT2D eigenvalue weighted by molar-refractivity contribution is 5.94. The van der Waals surface area contributed by atoms with Gasteiger partial charge in [-0.3, -0.25) is 9.78 Å². The lowest BCUT2D eigenvalue weighted by Crippen LogP contribution is -2.27. The number of anilines is 1. The topological polar surface area (TPSA) is 68.0 Å². The number of pyridine rings is 1. The summed E-state index contributed by atoms with van der Waals surface area (Å²) >= 11 is 0. The molecule has 0 radical (unpaired) electrons. The molecule has 0 spiro atoms. The van der Waals surface area contributed by atoms with Gasteiger partial charge >= 0.3 is 0 Å². The Morgan fingerprint density at radius 3 is 2.62 bits per heavy atom. The number of nitrogen functional groups attached to an aromatic ring is 1. The quantitative estimate of drug-likeness (QED) is 0.606. The average Bonchev–Trinajstić information content (AvgIpc) is 3.19. The number of carbonyl (C=O) groups excluding carboxylic acids is 1. The molecule has 4 nitrogen and oxygen atoms in total. The Labute approximate surface area is 170 Å². The smallest absolute Gasteiger partial charge is 0.272 e. The van der Waals surface area contributed by atoms with Gasteiger partial charge in [-0.2, -0.15) is 0 Å². The zero-order chi connectivity index (χ0) is 21.2. The Morgan fingerprint density at radius 2 is 2.00 bits per heavy atom. The van der Waals surface area contributed by atoms with Crippen molar-refractivity contribution < 1.29 is 13.6 Å². The van der Waals surface area contributed by atoms with Gasteiger partial charge in [0.15, 0.2) is 5.78 Å². The van der Waals surface area contributed by atoms with Gasteiger partial charge < -0.3 is 11.1 Å². The van der Waals surface area contributed by atoms with E-state index in [0.717, 1.165) is 38.2 Å². The van der Waals surface area contributed by atoms with Crippen molar-refractivity contribution in [2.24, 2.45) is 5.92 Å². The van der Waals surface area contributed by atoms with Crippen LogP contribution in [0.2, 0.25) is 0 Å². The minimum Gasteiger partial charge on any atom is -0.397 e. The second kappa shape index (κ2) is 8.31. The van der Waals surface area contributed by atoms with Gasteiger partial charge in [0.2, 0.25) is 0 Å². The van der Waals surface area contributed by atoms with Gasteiger partial charge in [0.05, 0.1) is 17.4 Å². The highest BCUT2D eigenvalue weighted by Gasteiger charge is 2.31. The predicted molar refractivity (Wildman–Crippen MR) is 112 cm³/mol. The molecule has 3 rings (SSSR count). The number of rotatable bonds is 7. The van der Waals surface area contributed by atoms with E-state index in [9.17, 15) is 13.6 Å². The lowest BCUT2D eigenvalue weighted by molar-refractivity contribution is 0.0182. The highest BCUT2D eigenvalue weighted by atomic mass is 19.3.